The third kappa shape index (κ3) is 5.16. The highest BCUT2D eigenvalue weighted by atomic mass is 16.5. The number of amides is 1. The van der Waals surface area contributed by atoms with E-state index in [-0.39, 0.29) is 12.0 Å². The van der Waals surface area contributed by atoms with E-state index in [1.807, 2.05) is 42.5 Å². The molecule has 1 amide bonds. The van der Waals surface area contributed by atoms with Crippen LogP contribution in [0.3, 0.4) is 0 Å². The zero-order chi connectivity index (χ0) is 19.3. The van der Waals surface area contributed by atoms with Gasteiger partial charge >= 0.3 is 0 Å². The van der Waals surface area contributed by atoms with E-state index < -0.39 is 5.54 Å². The lowest BCUT2D eigenvalue weighted by Crippen LogP contribution is -2.48. The molecule has 5 nitrogen and oxygen atoms in total. The van der Waals surface area contributed by atoms with Crippen LogP contribution < -0.4 is 11.1 Å². The number of hydrogen-bond acceptors (Lipinski definition) is 4. The molecule has 3 rings (SSSR count). The number of carbonyl (C=O) groups is 1. The Kier molecular flexibility index (Phi) is 6.26. The summed E-state index contributed by atoms with van der Waals surface area (Å²) in [6, 6.07) is 17.8. The average Bonchev–Trinajstić information content (AvgIpc) is 2.67. The largest absolute Gasteiger partial charge is 0.376 e. The van der Waals surface area contributed by atoms with E-state index in [1.54, 1.807) is 6.92 Å². The maximum atomic E-state index is 12.6. The maximum absolute atomic E-state index is 12.6. The Labute approximate surface area is 161 Å². The number of hydrogen-bond donors (Lipinski definition) is 2. The second kappa shape index (κ2) is 8.65. The van der Waals surface area contributed by atoms with Crippen molar-refractivity contribution in [3.63, 3.8) is 0 Å². The molecule has 3 N–H and O–H groups in total. The van der Waals surface area contributed by atoms with Gasteiger partial charge in [0.15, 0.2) is 0 Å². The van der Waals surface area contributed by atoms with Crippen molar-refractivity contribution in [2.24, 2.45) is 5.73 Å². The van der Waals surface area contributed by atoms with E-state index in [0.717, 1.165) is 37.4 Å². The molecule has 2 aromatic carbocycles. The van der Waals surface area contributed by atoms with Crippen molar-refractivity contribution >= 4 is 5.91 Å². The van der Waals surface area contributed by atoms with Gasteiger partial charge in [0.1, 0.15) is 5.54 Å². The Morgan fingerprint density at radius 3 is 2.70 bits per heavy atom. The van der Waals surface area contributed by atoms with Crippen molar-refractivity contribution in [2.45, 2.75) is 38.6 Å². The van der Waals surface area contributed by atoms with E-state index in [2.05, 4.69) is 29.3 Å². The summed E-state index contributed by atoms with van der Waals surface area (Å²) in [5.41, 5.74) is 8.35. The second-order valence-corrected chi connectivity index (χ2v) is 7.49. The second-order valence-electron chi connectivity index (χ2n) is 7.49. The van der Waals surface area contributed by atoms with E-state index in [0.29, 0.717) is 6.54 Å². The smallest absolute Gasteiger partial charge is 0.244 e. The quantitative estimate of drug-likeness (QED) is 0.823. The van der Waals surface area contributed by atoms with Crippen molar-refractivity contribution in [3.05, 3.63) is 71.3 Å². The lowest BCUT2D eigenvalue weighted by atomic mass is 9.92. The molecule has 27 heavy (non-hydrogen) atoms. The number of nitrogens with one attached hydrogen (secondary N) is 1. The number of carbonyl (C=O) groups excluding carboxylic acids is 1. The number of morpholine rings is 1. The summed E-state index contributed by atoms with van der Waals surface area (Å²) in [7, 11) is 0. The van der Waals surface area contributed by atoms with Crippen LogP contribution in [-0.4, -0.2) is 36.6 Å². The van der Waals surface area contributed by atoms with Crippen molar-refractivity contribution in [1.29, 1.82) is 0 Å². The van der Waals surface area contributed by atoms with E-state index in [4.69, 9.17) is 10.5 Å². The summed E-state index contributed by atoms with van der Waals surface area (Å²) < 4.78 is 5.60. The van der Waals surface area contributed by atoms with Crippen LogP contribution in [0.25, 0.3) is 0 Å². The van der Waals surface area contributed by atoms with Gasteiger partial charge in [0, 0.05) is 26.2 Å². The summed E-state index contributed by atoms with van der Waals surface area (Å²) in [5.74, 6) is -0.180. The number of nitrogens with two attached hydrogens (primary N) is 1. The van der Waals surface area contributed by atoms with Crippen LogP contribution in [0.2, 0.25) is 0 Å². The Bertz CT molecular complexity index is 761. The molecule has 1 saturated heterocycles. The highest BCUT2D eigenvalue weighted by molar-refractivity contribution is 5.86. The molecule has 0 spiro atoms. The third-order valence-electron chi connectivity index (χ3n) is 5.02. The molecule has 0 aromatic heterocycles. The van der Waals surface area contributed by atoms with Crippen LogP contribution >= 0.6 is 0 Å². The lowest BCUT2D eigenvalue weighted by molar-refractivity contribution is -0.126. The molecular formula is C22H29N3O2. The van der Waals surface area contributed by atoms with Crippen LogP contribution in [0.4, 0.5) is 0 Å². The molecule has 2 unspecified atom stereocenters. The van der Waals surface area contributed by atoms with Gasteiger partial charge in [0.25, 0.3) is 0 Å². The average molecular weight is 367 g/mol. The predicted octanol–water partition coefficient (Wildman–Crippen LogP) is 2.40. The molecule has 0 bridgehead atoms. The predicted molar refractivity (Wildman–Crippen MR) is 107 cm³/mol. The topological polar surface area (TPSA) is 67.6 Å². The normalized spacial score (nSPS) is 20.0. The van der Waals surface area contributed by atoms with Crippen LogP contribution in [0.15, 0.2) is 54.6 Å². The first-order chi connectivity index (χ1) is 12.9. The van der Waals surface area contributed by atoms with Crippen molar-refractivity contribution in [2.75, 3.05) is 19.7 Å². The van der Waals surface area contributed by atoms with Crippen molar-refractivity contribution in [1.82, 2.24) is 10.2 Å². The minimum absolute atomic E-state index is 0.180. The van der Waals surface area contributed by atoms with Gasteiger partial charge in [-0.05, 0) is 30.5 Å². The highest BCUT2D eigenvalue weighted by Crippen LogP contribution is 2.18. The molecule has 1 heterocycles. The minimum Gasteiger partial charge on any atom is -0.376 e. The SMILES string of the molecule is CC1CN(Cc2cccc(CNC(=O)C(C)(N)c3ccccc3)c2)CCO1. The maximum Gasteiger partial charge on any atom is 0.244 e. The van der Waals surface area contributed by atoms with Gasteiger partial charge < -0.3 is 15.8 Å². The molecule has 1 aliphatic rings. The molecule has 5 heteroatoms. The fourth-order valence-corrected chi connectivity index (χ4v) is 3.41. The fourth-order valence-electron chi connectivity index (χ4n) is 3.41. The Morgan fingerprint density at radius 2 is 1.96 bits per heavy atom. The Balaban J connectivity index is 1.59. The van der Waals surface area contributed by atoms with Gasteiger partial charge in [-0.15, -0.1) is 0 Å². The number of ether oxygens (including phenoxy) is 1. The molecule has 0 radical (unpaired) electrons. The molecule has 2 atom stereocenters. The van der Waals surface area contributed by atoms with E-state index in [1.165, 1.54) is 5.56 Å². The molecule has 144 valence electrons. The van der Waals surface area contributed by atoms with Crippen LogP contribution in [-0.2, 0) is 28.2 Å². The monoisotopic (exact) mass is 367 g/mol. The van der Waals surface area contributed by atoms with E-state index in [9.17, 15) is 4.79 Å². The zero-order valence-electron chi connectivity index (χ0n) is 16.2. The lowest BCUT2D eigenvalue weighted by Gasteiger charge is -2.31. The molecule has 2 aromatic rings. The molecule has 0 aliphatic carbocycles. The molecular weight excluding hydrogens is 338 g/mol. The van der Waals surface area contributed by atoms with Crippen molar-refractivity contribution < 1.29 is 9.53 Å². The van der Waals surface area contributed by atoms with Gasteiger partial charge in [0.05, 0.1) is 12.7 Å². The number of benzene rings is 2. The summed E-state index contributed by atoms with van der Waals surface area (Å²) >= 11 is 0. The molecule has 1 aliphatic heterocycles. The summed E-state index contributed by atoms with van der Waals surface area (Å²) in [6.07, 6.45) is 0.279. The van der Waals surface area contributed by atoms with Gasteiger partial charge in [-0.2, -0.15) is 0 Å². The fraction of sp³-hybridized carbons (Fsp3) is 0.409. The molecule has 1 fully saturated rings. The van der Waals surface area contributed by atoms with Crippen LogP contribution in [0.1, 0.15) is 30.5 Å². The minimum atomic E-state index is -1.05. The summed E-state index contributed by atoms with van der Waals surface area (Å²) in [5, 5.41) is 2.98. The summed E-state index contributed by atoms with van der Waals surface area (Å²) in [6.45, 7) is 7.89. The van der Waals surface area contributed by atoms with E-state index >= 15 is 0 Å². The summed E-state index contributed by atoms with van der Waals surface area (Å²) in [4.78, 5) is 15.0. The number of rotatable bonds is 6. The van der Waals surface area contributed by atoms with Gasteiger partial charge in [0.2, 0.25) is 5.91 Å². The van der Waals surface area contributed by atoms with Crippen LogP contribution in [0.5, 0.6) is 0 Å². The number of nitrogens with zero attached hydrogens (tertiary/aromatic N) is 1. The third-order valence-corrected chi connectivity index (χ3v) is 5.02. The van der Waals surface area contributed by atoms with Crippen molar-refractivity contribution in [3.8, 4) is 0 Å². The Hall–Kier alpha value is -2.21. The first-order valence-electron chi connectivity index (χ1n) is 9.49. The first kappa shape index (κ1) is 19.5. The molecule has 0 saturated carbocycles. The Morgan fingerprint density at radius 1 is 1.22 bits per heavy atom. The first-order valence-corrected chi connectivity index (χ1v) is 9.49. The highest BCUT2D eigenvalue weighted by Gasteiger charge is 2.29. The van der Waals surface area contributed by atoms with Crippen LogP contribution in [0, 0.1) is 0 Å². The zero-order valence-corrected chi connectivity index (χ0v) is 16.2. The standard InChI is InChI=1S/C22H29N3O2/c1-17-15-25(11-12-27-17)16-19-8-6-7-18(13-19)14-24-21(26)22(2,23)20-9-4-3-5-10-20/h3-10,13,17H,11-12,14-16,23H2,1-2H3,(H,24,26). The van der Waals surface area contributed by atoms with Gasteiger partial charge in [-0.1, -0.05) is 54.6 Å². The van der Waals surface area contributed by atoms with Gasteiger partial charge in [-0.25, -0.2) is 0 Å². The van der Waals surface area contributed by atoms with Gasteiger partial charge in [-0.3, -0.25) is 9.69 Å².